The first-order valence-electron chi connectivity index (χ1n) is 3.16. The van der Waals surface area contributed by atoms with Crippen LogP contribution in [0.1, 0.15) is 6.42 Å². The van der Waals surface area contributed by atoms with E-state index in [9.17, 15) is 9.59 Å². The maximum absolute atomic E-state index is 10.9. The summed E-state index contributed by atoms with van der Waals surface area (Å²) < 4.78 is 4.38. The molecule has 11 heavy (non-hydrogen) atoms. The Morgan fingerprint density at radius 3 is 2.82 bits per heavy atom. The van der Waals surface area contributed by atoms with Gasteiger partial charge in [0.2, 0.25) is 0 Å². The Labute approximate surface area is 63.8 Å². The highest BCUT2D eigenvalue weighted by molar-refractivity contribution is 5.89. The number of rotatable bonds is 2. The molecule has 58 valence electrons. The van der Waals surface area contributed by atoms with Crippen LogP contribution >= 0.6 is 0 Å². The molecule has 0 N–H and O–H groups in total. The number of nitriles is 1. The molecule has 0 radical (unpaired) electrons. The van der Waals surface area contributed by atoms with Gasteiger partial charge < -0.3 is 9.53 Å². The normalized spacial score (nSPS) is 33.6. The minimum atomic E-state index is -1.16. The Kier molecular flexibility index (Phi) is 1.65. The fourth-order valence-corrected chi connectivity index (χ4v) is 1.04. The van der Waals surface area contributed by atoms with E-state index in [1.54, 1.807) is 6.07 Å². The van der Waals surface area contributed by atoms with Crippen LogP contribution in [0.3, 0.4) is 0 Å². The minimum Gasteiger partial charge on any atom is -0.468 e. The number of hydrogen-bond acceptors (Lipinski definition) is 4. The van der Waals surface area contributed by atoms with Gasteiger partial charge in [-0.25, -0.2) is 0 Å². The van der Waals surface area contributed by atoms with Crippen LogP contribution in [0.4, 0.5) is 0 Å². The van der Waals surface area contributed by atoms with Gasteiger partial charge in [0.15, 0.2) is 5.41 Å². The van der Waals surface area contributed by atoms with Crippen LogP contribution in [0.15, 0.2) is 0 Å². The topological polar surface area (TPSA) is 67.2 Å². The lowest BCUT2D eigenvalue weighted by Gasteiger charge is -2.01. The van der Waals surface area contributed by atoms with E-state index in [0.29, 0.717) is 12.7 Å². The number of methoxy groups -OCH3 is 1. The maximum atomic E-state index is 10.9. The van der Waals surface area contributed by atoms with Crippen molar-refractivity contribution in [3.63, 3.8) is 0 Å². The van der Waals surface area contributed by atoms with Crippen molar-refractivity contribution < 1.29 is 14.3 Å². The number of carbonyl (C=O) groups excluding carboxylic acids is 2. The van der Waals surface area contributed by atoms with E-state index < -0.39 is 17.3 Å². The largest absolute Gasteiger partial charge is 0.468 e. The van der Waals surface area contributed by atoms with Crippen molar-refractivity contribution in [1.82, 2.24) is 0 Å². The van der Waals surface area contributed by atoms with Crippen molar-refractivity contribution in [2.45, 2.75) is 6.42 Å². The zero-order valence-electron chi connectivity index (χ0n) is 6.03. The Balaban J connectivity index is 2.76. The summed E-state index contributed by atoms with van der Waals surface area (Å²) in [4.78, 5) is 21.1. The second-order valence-electron chi connectivity index (χ2n) is 2.52. The number of ether oxygens (including phenoxy) is 1. The molecule has 0 aromatic rings. The molecular weight excluding hydrogens is 146 g/mol. The van der Waals surface area contributed by atoms with Crippen LogP contribution in [0.2, 0.25) is 0 Å². The van der Waals surface area contributed by atoms with Crippen molar-refractivity contribution in [2.75, 3.05) is 7.11 Å². The van der Waals surface area contributed by atoms with Crippen molar-refractivity contribution in [1.29, 1.82) is 5.26 Å². The van der Waals surface area contributed by atoms with Crippen molar-refractivity contribution in [3.05, 3.63) is 0 Å². The summed E-state index contributed by atoms with van der Waals surface area (Å²) in [6.07, 6.45) is 0.930. The van der Waals surface area contributed by atoms with Gasteiger partial charge in [-0.3, -0.25) is 4.79 Å². The van der Waals surface area contributed by atoms with Gasteiger partial charge in [-0.2, -0.15) is 5.26 Å². The van der Waals surface area contributed by atoms with E-state index in [0.717, 1.165) is 0 Å². The third-order valence-electron chi connectivity index (χ3n) is 1.93. The van der Waals surface area contributed by atoms with Gasteiger partial charge in [0.25, 0.3) is 0 Å². The number of hydrogen-bond donors (Lipinski definition) is 0. The molecule has 0 heterocycles. The number of esters is 1. The summed E-state index contributed by atoms with van der Waals surface area (Å²) >= 11 is 0. The number of aldehydes is 1. The van der Waals surface area contributed by atoms with E-state index >= 15 is 0 Å². The number of nitrogens with zero attached hydrogens (tertiary/aromatic N) is 1. The number of carbonyl (C=O) groups is 2. The summed E-state index contributed by atoms with van der Waals surface area (Å²) in [6, 6.07) is 1.80. The highest BCUT2D eigenvalue weighted by Crippen LogP contribution is 2.51. The van der Waals surface area contributed by atoms with Gasteiger partial charge in [0.1, 0.15) is 6.29 Å². The Morgan fingerprint density at radius 2 is 2.55 bits per heavy atom. The smallest absolute Gasteiger partial charge is 0.326 e. The third kappa shape index (κ3) is 0.891. The predicted molar refractivity (Wildman–Crippen MR) is 34.2 cm³/mol. The molecule has 2 unspecified atom stereocenters. The summed E-state index contributed by atoms with van der Waals surface area (Å²) in [6.45, 7) is 0. The average Bonchev–Trinajstić information content (AvgIpc) is 2.78. The summed E-state index contributed by atoms with van der Waals surface area (Å²) in [5.41, 5.74) is -1.16. The molecule has 1 saturated carbocycles. The Hall–Kier alpha value is -1.37. The Bertz CT molecular complexity index is 243. The fraction of sp³-hybridized carbons (Fsp3) is 0.571. The lowest BCUT2D eigenvalue weighted by Crippen LogP contribution is -2.18. The molecule has 0 bridgehead atoms. The third-order valence-corrected chi connectivity index (χ3v) is 1.93. The quantitative estimate of drug-likeness (QED) is 0.410. The van der Waals surface area contributed by atoms with Gasteiger partial charge in [-0.05, 0) is 6.42 Å². The molecule has 0 aliphatic heterocycles. The molecule has 0 spiro atoms. The summed E-state index contributed by atoms with van der Waals surface area (Å²) in [5, 5.41) is 8.55. The molecule has 1 aliphatic rings. The lowest BCUT2D eigenvalue weighted by atomic mass is 10.1. The molecule has 0 aromatic heterocycles. The van der Waals surface area contributed by atoms with Crippen molar-refractivity contribution >= 4 is 12.3 Å². The van der Waals surface area contributed by atoms with Crippen LogP contribution in [0.5, 0.6) is 0 Å². The molecule has 1 fully saturated rings. The SMILES string of the molecule is COC(=O)C1(C#N)CC1C=O. The van der Waals surface area contributed by atoms with Gasteiger partial charge in [0, 0.05) is 5.92 Å². The molecule has 2 atom stereocenters. The first kappa shape index (κ1) is 7.73. The second kappa shape index (κ2) is 2.35. The fourth-order valence-electron chi connectivity index (χ4n) is 1.04. The summed E-state index contributed by atoms with van der Waals surface area (Å²) in [5.74, 6) is -1.06. The standard InChI is InChI=1S/C7H7NO3/c1-11-6(10)7(4-8)2-5(7)3-9/h3,5H,2H2,1H3. The van der Waals surface area contributed by atoms with Gasteiger partial charge in [0.05, 0.1) is 13.2 Å². The van der Waals surface area contributed by atoms with Crippen LogP contribution in [-0.2, 0) is 14.3 Å². The zero-order valence-corrected chi connectivity index (χ0v) is 6.03. The highest BCUT2D eigenvalue weighted by atomic mass is 16.5. The van der Waals surface area contributed by atoms with E-state index in [2.05, 4.69) is 4.74 Å². The predicted octanol–water partition coefficient (Wildman–Crippen LogP) is -0.112. The zero-order chi connectivity index (χ0) is 8.48. The maximum Gasteiger partial charge on any atom is 0.326 e. The second-order valence-corrected chi connectivity index (χ2v) is 2.52. The van der Waals surface area contributed by atoms with Crippen LogP contribution in [0.25, 0.3) is 0 Å². The van der Waals surface area contributed by atoms with Gasteiger partial charge >= 0.3 is 5.97 Å². The van der Waals surface area contributed by atoms with Crippen molar-refractivity contribution in [2.24, 2.45) is 11.3 Å². The van der Waals surface area contributed by atoms with E-state index in [-0.39, 0.29) is 0 Å². The monoisotopic (exact) mass is 153 g/mol. The van der Waals surface area contributed by atoms with E-state index in [1.165, 1.54) is 7.11 Å². The molecule has 1 rings (SSSR count). The van der Waals surface area contributed by atoms with Crippen LogP contribution in [-0.4, -0.2) is 19.4 Å². The molecule has 4 nitrogen and oxygen atoms in total. The van der Waals surface area contributed by atoms with Crippen molar-refractivity contribution in [3.8, 4) is 6.07 Å². The van der Waals surface area contributed by atoms with Gasteiger partial charge in [-0.1, -0.05) is 0 Å². The first-order valence-corrected chi connectivity index (χ1v) is 3.16. The Morgan fingerprint density at radius 1 is 1.91 bits per heavy atom. The molecular formula is C7H7NO3. The van der Waals surface area contributed by atoms with Crippen LogP contribution < -0.4 is 0 Å². The van der Waals surface area contributed by atoms with E-state index in [4.69, 9.17) is 5.26 Å². The summed E-state index contributed by atoms with van der Waals surface area (Å²) in [7, 11) is 1.21. The average molecular weight is 153 g/mol. The highest BCUT2D eigenvalue weighted by Gasteiger charge is 2.62. The van der Waals surface area contributed by atoms with Gasteiger partial charge in [-0.15, -0.1) is 0 Å². The molecule has 0 saturated heterocycles. The molecule has 0 aromatic carbocycles. The molecule has 0 amide bonds. The molecule has 1 aliphatic carbocycles. The van der Waals surface area contributed by atoms with Crippen LogP contribution in [0, 0.1) is 22.7 Å². The lowest BCUT2D eigenvalue weighted by molar-refractivity contribution is -0.145. The first-order chi connectivity index (χ1) is 5.21. The van der Waals surface area contributed by atoms with E-state index in [1.807, 2.05) is 0 Å². The minimum absolute atomic E-state index is 0.305. The molecule has 4 heteroatoms.